The Morgan fingerprint density at radius 2 is 1.66 bits per heavy atom. The highest BCUT2D eigenvalue weighted by Crippen LogP contribution is 2.28. The maximum Gasteiger partial charge on any atom is 0.243 e. The summed E-state index contributed by atoms with van der Waals surface area (Å²) >= 11 is 0. The molecule has 1 aromatic rings. The molecule has 1 aliphatic carbocycles. The lowest BCUT2D eigenvalue weighted by Crippen LogP contribution is -2.45. The van der Waals surface area contributed by atoms with Gasteiger partial charge in [0.1, 0.15) is 0 Å². The molecule has 9 nitrogen and oxygen atoms in total. The second-order valence-electron chi connectivity index (χ2n) is 8.58. The first-order valence-corrected chi connectivity index (χ1v) is 14.3. The predicted octanol–water partition coefficient (Wildman–Crippen LogP) is 0.354. The van der Waals surface area contributed by atoms with E-state index in [1.165, 1.54) is 14.2 Å². The largest absolute Gasteiger partial charge is 0.379 e. The van der Waals surface area contributed by atoms with Crippen molar-refractivity contribution in [1.82, 2.24) is 13.9 Å². The van der Waals surface area contributed by atoms with Crippen molar-refractivity contribution in [2.45, 2.75) is 37.0 Å². The lowest BCUT2D eigenvalue weighted by Gasteiger charge is -2.31. The number of nitrogens with zero attached hydrogens (tertiary/aromatic N) is 2. The summed E-state index contributed by atoms with van der Waals surface area (Å²) in [5.74, 6) is -0.672. The van der Waals surface area contributed by atoms with E-state index in [1.54, 1.807) is 12.1 Å². The number of fused-ring (bicyclic) bond motifs is 1. The Hall–Kier alpha value is -1.53. The van der Waals surface area contributed by atoms with E-state index >= 15 is 0 Å². The number of aryl methyl sites for hydroxylation is 2. The molecule has 11 heteroatoms. The number of amides is 1. The Labute approximate surface area is 190 Å². The average Bonchev–Trinajstić information content (AvgIpc) is 3.27. The molecular weight excluding hydrogens is 454 g/mol. The second kappa shape index (κ2) is 9.76. The molecule has 0 atom stereocenters. The quantitative estimate of drug-likeness (QED) is 0.597. The van der Waals surface area contributed by atoms with Crippen LogP contribution >= 0.6 is 0 Å². The van der Waals surface area contributed by atoms with Crippen LogP contribution in [-0.2, 0) is 42.4 Å². The third kappa shape index (κ3) is 5.17. The van der Waals surface area contributed by atoms with Crippen LogP contribution in [-0.4, -0.2) is 83.0 Å². The van der Waals surface area contributed by atoms with Crippen molar-refractivity contribution in [1.29, 1.82) is 0 Å². The normalized spacial score (nSPS) is 21.4. The fourth-order valence-corrected chi connectivity index (χ4v) is 7.46. The van der Waals surface area contributed by atoms with Gasteiger partial charge >= 0.3 is 0 Å². The predicted molar refractivity (Wildman–Crippen MR) is 119 cm³/mol. The summed E-state index contributed by atoms with van der Waals surface area (Å²) in [4.78, 5) is 12.8. The smallest absolute Gasteiger partial charge is 0.243 e. The number of carbonyl (C=O) groups excluding carboxylic acids is 1. The second-order valence-corrected chi connectivity index (χ2v) is 12.6. The molecule has 2 heterocycles. The first-order valence-electron chi connectivity index (χ1n) is 11.2. The van der Waals surface area contributed by atoms with Crippen molar-refractivity contribution in [2.24, 2.45) is 5.92 Å². The molecule has 0 bridgehead atoms. The molecule has 0 radical (unpaired) electrons. The number of rotatable bonds is 7. The zero-order valence-corrected chi connectivity index (χ0v) is 19.8. The highest BCUT2D eigenvalue weighted by molar-refractivity contribution is 7.89. The Kier molecular flexibility index (Phi) is 7.21. The van der Waals surface area contributed by atoms with E-state index in [2.05, 4.69) is 5.32 Å². The molecule has 3 aliphatic rings. The molecule has 0 aromatic heterocycles. The van der Waals surface area contributed by atoms with Gasteiger partial charge in [0.15, 0.2) is 0 Å². The summed E-state index contributed by atoms with van der Waals surface area (Å²) in [7, 11) is -7.00. The molecule has 32 heavy (non-hydrogen) atoms. The maximum atomic E-state index is 13.0. The van der Waals surface area contributed by atoms with Crippen LogP contribution in [0.5, 0.6) is 0 Å². The van der Waals surface area contributed by atoms with Crippen molar-refractivity contribution in [3.05, 3.63) is 29.3 Å². The molecule has 178 valence electrons. The number of carbonyl (C=O) groups is 1. The SMILES string of the molecule is O=C(NCCS(=O)(=O)N1CCOCC1)C1CCN(S(=O)(=O)c2ccc3c(c2)CCC3)CC1. The molecule has 2 fully saturated rings. The van der Waals surface area contributed by atoms with Crippen LogP contribution in [0.2, 0.25) is 0 Å². The van der Waals surface area contributed by atoms with Crippen LogP contribution in [0.1, 0.15) is 30.4 Å². The van der Waals surface area contributed by atoms with Crippen molar-refractivity contribution in [2.75, 3.05) is 51.7 Å². The van der Waals surface area contributed by atoms with Gasteiger partial charge in [0, 0.05) is 38.6 Å². The summed E-state index contributed by atoms with van der Waals surface area (Å²) in [6, 6.07) is 5.40. The molecule has 1 amide bonds. The standard InChI is InChI=1S/C21H31N3O6S2/c25-21(22-8-15-31(26,27)23-11-13-30-14-12-23)18-6-9-24(10-7-18)32(28,29)20-5-4-17-2-1-3-19(17)16-20/h4-5,16,18H,1-3,6-15H2,(H,22,25). The Bertz CT molecular complexity index is 1040. The summed E-state index contributed by atoms with van der Waals surface area (Å²) in [5, 5.41) is 2.72. The number of piperidine rings is 1. The number of hydrogen-bond donors (Lipinski definition) is 1. The van der Waals surface area contributed by atoms with Gasteiger partial charge in [-0.3, -0.25) is 4.79 Å². The summed E-state index contributed by atoms with van der Waals surface area (Å²) in [5.41, 5.74) is 2.35. The fourth-order valence-electron chi connectivity index (χ4n) is 4.62. The van der Waals surface area contributed by atoms with Crippen molar-refractivity contribution in [3.63, 3.8) is 0 Å². The van der Waals surface area contributed by atoms with Crippen molar-refractivity contribution >= 4 is 26.0 Å². The van der Waals surface area contributed by atoms with E-state index in [0.29, 0.717) is 44.0 Å². The molecule has 0 saturated carbocycles. The molecule has 2 saturated heterocycles. The van der Waals surface area contributed by atoms with E-state index in [-0.39, 0.29) is 37.2 Å². The zero-order chi connectivity index (χ0) is 22.8. The van der Waals surface area contributed by atoms with Gasteiger partial charge in [0.2, 0.25) is 26.0 Å². The highest BCUT2D eigenvalue weighted by Gasteiger charge is 2.33. The lowest BCUT2D eigenvalue weighted by atomic mass is 9.97. The third-order valence-corrected chi connectivity index (χ3v) is 10.3. The first kappa shape index (κ1) is 23.6. The monoisotopic (exact) mass is 485 g/mol. The Balaban J connectivity index is 1.26. The van der Waals surface area contributed by atoms with E-state index in [1.807, 2.05) is 6.07 Å². The minimum Gasteiger partial charge on any atom is -0.379 e. The number of sulfonamides is 2. The van der Waals surface area contributed by atoms with E-state index in [0.717, 1.165) is 24.8 Å². The van der Waals surface area contributed by atoms with E-state index in [4.69, 9.17) is 4.74 Å². The number of ether oxygens (including phenoxy) is 1. The first-order chi connectivity index (χ1) is 15.3. The van der Waals surface area contributed by atoms with E-state index in [9.17, 15) is 21.6 Å². The van der Waals surface area contributed by atoms with Gasteiger partial charge < -0.3 is 10.1 Å². The van der Waals surface area contributed by atoms with Gasteiger partial charge in [-0.05, 0) is 55.4 Å². The summed E-state index contributed by atoms with van der Waals surface area (Å²) in [6.07, 6.45) is 3.83. The molecule has 1 aromatic carbocycles. The minimum absolute atomic E-state index is 0.0478. The third-order valence-electron chi connectivity index (χ3n) is 6.56. The van der Waals surface area contributed by atoms with Gasteiger partial charge in [-0.1, -0.05) is 6.07 Å². The molecule has 2 aliphatic heterocycles. The molecule has 0 unspecified atom stereocenters. The van der Waals surface area contributed by atoms with Crippen LogP contribution in [0, 0.1) is 5.92 Å². The Morgan fingerprint density at radius 1 is 0.969 bits per heavy atom. The van der Waals surface area contributed by atoms with Crippen LogP contribution in [0.4, 0.5) is 0 Å². The van der Waals surface area contributed by atoms with Crippen LogP contribution in [0.3, 0.4) is 0 Å². The number of morpholine rings is 1. The molecular formula is C21H31N3O6S2. The summed E-state index contributed by atoms with van der Waals surface area (Å²) in [6.45, 7) is 2.07. The lowest BCUT2D eigenvalue weighted by molar-refractivity contribution is -0.125. The number of benzene rings is 1. The topological polar surface area (TPSA) is 113 Å². The van der Waals surface area contributed by atoms with Crippen LogP contribution in [0.25, 0.3) is 0 Å². The number of nitrogens with one attached hydrogen (secondary N) is 1. The van der Waals surface area contributed by atoms with Crippen molar-refractivity contribution in [3.8, 4) is 0 Å². The van der Waals surface area contributed by atoms with Gasteiger partial charge in [0.25, 0.3) is 0 Å². The van der Waals surface area contributed by atoms with Gasteiger partial charge in [-0.15, -0.1) is 0 Å². The van der Waals surface area contributed by atoms with Crippen LogP contribution < -0.4 is 5.32 Å². The zero-order valence-electron chi connectivity index (χ0n) is 18.2. The van der Waals surface area contributed by atoms with Gasteiger partial charge in [-0.25, -0.2) is 16.8 Å². The van der Waals surface area contributed by atoms with Crippen LogP contribution in [0.15, 0.2) is 23.1 Å². The van der Waals surface area contributed by atoms with Crippen molar-refractivity contribution < 1.29 is 26.4 Å². The number of hydrogen-bond acceptors (Lipinski definition) is 6. The minimum atomic E-state index is -3.57. The fraction of sp³-hybridized carbons (Fsp3) is 0.667. The average molecular weight is 486 g/mol. The summed E-state index contributed by atoms with van der Waals surface area (Å²) < 4.78 is 58.8. The maximum absolute atomic E-state index is 13.0. The Morgan fingerprint density at radius 3 is 2.38 bits per heavy atom. The van der Waals surface area contributed by atoms with Gasteiger partial charge in [-0.2, -0.15) is 8.61 Å². The highest BCUT2D eigenvalue weighted by atomic mass is 32.2. The van der Waals surface area contributed by atoms with Gasteiger partial charge in [0.05, 0.1) is 23.9 Å². The molecule has 1 N–H and O–H groups in total. The van der Waals surface area contributed by atoms with E-state index < -0.39 is 20.0 Å². The molecule has 0 spiro atoms. The molecule has 4 rings (SSSR count).